The SMILES string of the molecule is O=c1oc2ccccc2n1C(c1ccccc1)c1ccccc1. The Kier molecular flexibility index (Phi) is 3.31. The van der Waals surface area contributed by atoms with Gasteiger partial charge in [-0.15, -0.1) is 0 Å². The molecule has 0 atom stereocenters. The van der Waals surface area contributed by atoms with Gasteiger partial charge < -0.3 is 4.42 Å². The van der Waals surface area contributed by atoms with Crippen LogP contribution in [0.3, 0.4) is 0 Å². The van der Waals surface area contributed by atoms with Crippen LogP contribution in [-0.4, -0.2) is 4.57 Å². The monoisotopic (exact) mass is 301 g/mol. The number of hydrogen-bond donors (Lipinski definition) is 0. The minimum atomic E-state index is -0.344. The summed E-state index contributed by atoms with van der Waals surface area (Å²) in [6.45, 7) is 0. The van der Waals surface area contributed by atoms with Gasteiger partial charge in [0.2, 0.25) is 0 Å². The average Bonchev–Trinajstić information content (AvgIpc) is 2.94. The van der Waals surface area contributed by atoms with E-state index in [4.69, 9.17) is 4.42 Å². The summed E-state index contributed by atoms with van der Waals surface area (Å²) < 4.78 is 7.15. The molecule has 3 heteroatoms. The normalized spacial score (nSPS) is 11.2. The first-order valence-electron chi connectivity index (χ1n) is 7.54. The van der Waals surface area contributed by atoms with Gasteiger partial charge in [-0.3, -0.25) is 4.57 Å². The molecule has 0 bridgehead atoms. The molecule has 3 nitrogen and oxygen atoms in total. The van der Waals surface area contributed by atoms with E-state index >= 15 is 0 Å². The van der Waals surface area contributed by atoms with E-state index in [1.54, 1.807) is 4.57 Å². The Morgan fingerprint density at radius 3 is 1.83 bits per heavy atom. The highest BCUT2D eigenvalue weighted by molar-refractivity contribution is 5.73. The van der Waals surface area contributed by atoms with Gasteiger partial charge in [0.1, 0.15) is 0 Å². The summed E-state index contributed by atoms with van der Waals surface area (Å²) >= 11 is 0. The van der Waals surface area contributed by atoms with Crippen LogP contribution in [0.15, 0.2) is 94.1 Å². The fourth-order valence-electron chi connectivity index (χ4n) is 2.99. The molecule has 0 aliphatic carbocycles. The molecule has 0 spiro atoms. The first kappa shape index (κ1) is 13.6. The molecule has 1 heterocycles. The smallest absolute Gasteiger partial charge is 0.408 e. The molecule has 0 aliphatic heterocycles. The van der Waals surface area contributed by atoms with Gasteiger partial charge in [0.15, 0.2) is 5.58 Å². The van der Waals surface area contributed by atoms with Gasteiger partial charge in [0.25, 0.3) is 0 Å². The molecule has 0 saturated heterocycles. The Morgan fingerprint density at radius 1 is 0.696 bits per heavy atom. The van der Waals surface area contributed by atoms with E-state index in [1.807, 2.05) is 84.9 Å². The molecule has 0 saturated carbocycles. The second kappa shape index (κ2) is 5.61. The van der Waals surface area contributed by atoms with Crippen molar-refractivity contribution >= 4 is 11.1 Å². The number of para-hydroxylation sites is 2. The van der Waals surface area contributed by atoms with Crippen molar-refractivity contribution in [3.8, 4) is 0 Å². The van der Waals surface area contributed by atoms with Crippen LogP contribution in [-0.2, 0) is 0 Å². The van der Waals surface area contributed by atoms with Crippen molar-refractivity contribution in [1.29, 1.82) is 0 Å². The fourth-order valence-corrected chi connectivity index (χ4v) is 2.99. The third kappa shape index (κ3) is 2.36. The van der Waals surface area contributed by atoms with E-state index in [2.05, 4.69) is 0 Å². The lowest BCUT2D eigenvalue weighted by atomic mass is 9.98. The van der Waals surface area contributed by atoms with Crippen molar-refractivity contribution < 1.29 is 4.42 Å². The average molecular weight is 301 g/mol. The molecule has 0 N–H and O–H groups in total. The predicted octanol–water partition coefficient (Wildman–Crippen LogP) is 4.23. The van der Waals surface area contributed by atoms with Crippen molar-refractivity contribution in [2.75, 3.05) is 0 Å². The number of fused-ring (bicyclic) bond motifs is 1. The van der Waals surface area contributed by atoms with E-state index in [-0.39, 0.29) is 11.8 Å². The summed E-state index contributed by atoms with van der Waals surface area (Å²) in [4.78, 5) is 12.5. The second-order valence-corrected chi connectivity index (χ2v) is 5.43. The Labute approximate surface area is 133 Å². The standard InChI is InChI=1S/C20H15NO2/c22-20-21(17-13-7-8-14-18(17)23-20)19(15-9-3-1-4-10-15)16-11-5-2-6-12-16/h1-14,19H. The van der Waals surface area contributed by atoms with Gasteiger partial charge in [-0.2, -0.15) is 0 Å². The van der Waals surface area contributed by atoms with Gasteiger partial charge in [0, 0.05) is 0 Å². The largest absolute Gasteiger partial charge is 0.420 e. The number of hydrogen-bond acceptors (Lipinski definition) is 2. The Bertz CT molecular complexity index is 945. The summed E-state index contributed by atoms with van der Waals surface area (Å²) in [6, 6.07) is 27.3. The van der Waals surface area contributed by atoms with Crippen LogP contribution in [0.4, 0.5) is 0 Å². The van der Waals surface area contributed by atoms with E-state index in [9.17, 15) is 4.79 Å². The van der Waals surface area contributed by atoms with Crippen LogP contribution < -0.4 is 5.76 Å². The van der Waals surface area contributed by atoms with Crippen molar-refractivity contribution in [3.63, 3.8) is 0 Å². The zero-order valence-electron chi connectivity index (χ0n) is 12.4. The minimum absolute atomic E-state index is 0.214. The summed E-state index contributed by atoms with van der Waals surface area (Å²) in [5.74, 6) is -0.344. The molecule has 0 aliphatic rings. The topological polar surface area (TPSA) is 35.1 Å². The summed E-state index contributed by atoms with van der Waals surface area (Å²) in [6.07, 6.45) is 0. The zero-order valence-corrected chi connectivity index (χ0v) is 12.4. The number of nitrogens with zero attached hydrogens (tertiary/aromatic N) is 1. The molecule has 0 amide bonds. The highest BCUT2D eigenvalue weighted by Gasteiger charge is 2.21. The van der Waals surface area contributed by atoms with E-state index in [0.29, 0.717) is 5.58 Å². The summed E-state index contributed by atoms with van der Waals surface area (Å²) in [5.41, 5.74) is 3.50. The van der Waals surface area contributed by atoms with Gasteiger partial charge in [0.05, 0.1) is 11.6 Å². The first-order valence-corrected chi connectivity index (χ1v) is 7.54. The van der Waals surface area contributed by atoms with Crippen LogP contribution >= 0.6 is 0 Å². The van der Waals surface area contributed by atoms with Crippen molar-refractivity contribution in [3.05, 3.63) is 107 Å². The van der Waals surface area contributed by atoms with Gasteiger partial charge >= 0.3 is 5.76 Å². The Hall–Kier alpha value is -3.07. The van der Waals surface area contributed by atoms with E-state index < -0.39 is 0 Å². The van der Waals surface area contributed by atoms with Gasteiger partial charge in [-0.05, 0) is 23.3 Å². The van der Waals surface area contributed by atoms with Crippen LogP contribution in [0.2, 0.25) is 0 Å². The van der Waals surface area contributed by atoms with E-state index in [1.165, 1.54) is 0 Å². The minimum Gasteiger partial charge on any atom is -0.408 e. The molecule has 0 unspecified atom stereocenters. The second-order valence-electron chi connectivity index (χ2n) is 5.43. The van der Waals surface area contributed by atoms with Gasteiger partial charge in [-0.25, -0.2) is 4.79 Å². The number of benzene rings is 3. The molecular formula is C20H15NO2. The number of aromatic nitrogens is 1. The molecule has 0 fully saturated rings. The maximum Gasteiger partial charge on any atom is 0.420 e. The summed E-state index contributed by atoms with van der Waals surface area (Å²) in [5, 5.41) is 0. The Morgan fingerprint density at radius 2 is 1.22 bits per heavy atom. The molecule has 23 heavy (non-hydrogen) atoms. The lowest BCUT2D eigenvalue weighted by molar-refractivity contribution is 0.499. The molecule has 112 valence electrons. The Balaban J connectivity index is 2.02. The zero-order chi connectivity index (χ0) is 15.6. The molecule has 1 aromatic heterocycles. The maximum atomic E-state index is 12.5. The summed E-state index contributed by atoms with van der Waals surface area (Å²) in [7, 11) is 0. The molecule has 0 radical (unpaired) electrons. The van der Waals surface area contributed by atoms with Crippen molar-refractivity contribution in [2.45, 2.75) is 6.04 Å². The van der Waals surface area contributed by atoms with Crippen molar-refractivity contribution in [1.82, 2.24) is 4.57 Å². The first-order chi connectivity index (χ1) is 11.3. The third-order valence-electron chi connectivity index (χ3n) is 4.01. The van der Waals surface area contributed by atoms with Crippen LogP contribution in [0.25, 0.3) is 11.1 Å². The number of oxazole rings is 1. The fraction of sp³-hybridized carbons (Fsp3) is 0.0500. The highest BCUT2D eigenvalue weighted by atomic mass is 16.4. The van der Waals surface area contributed by atoms with E-state index in [0.717, 1.165) is 16.6 Å². The molecule has 3 aromatic carbocycles. The molecule has 4 rings (SSSR count). The van der Waals surface area contributed by atoms with Crippen LogP contribution in [0.1, 0.15) is 17.2 Å². The third-order valence-corrected chi connectivity index (χ3v) is 4.01. The lowest BCUT2D eigenvalue weighted by Gasteiger charge is -2.19. The highest BCUT2D eigenvalue weighted by Crippen LogP contribution is 2.28. The quantitative estimate of drug-likeness (QED) is 0.567. The lowest BCUT2D eigenvalue weighted by Crippen LogP contribution is -2.22. The van der Waals surface area contributed by atoms with Crippen LogP contribution in [0, 0.1) is 0 Å². The molecular weight excluding hydrogens is 286 g/mol. The van der Waals surface area contributed by atoms with Crippen molar-refractivity contribution in [2.24, 2.45) is 0 Å². The van der Waals surface area contributed by atoms with Crippen LogP contribution in [0.5, 0.6) is 0 Å². The van der Waals surface area contributed by atoms with Gasteiger partial charge in [-0.1, -0.05) is 72.8 Å². The predicted molar refractivity (Wildman–Crippen MR) is 90.6 cm³/mol. The maximum absolute atomic E-state index is 12.5. The number of rotatable bonds is 3. The molecule has 4 aromatic rings.